The third kappa shape index (κ3) is 1.92. The standard InChI is InChI=1S/B3F3N3/c4-7-1-8(5)3-9(6)2-7. The van der Waals surface area contributed by atoms with Crippen molar-refractivity contribution in [3.8, 4) is 0 Å². The molecule has 0 aromatic heterocycles. The number of nitrogens with zero attached hydrogens (tertiary/aromatic N) is 3. The lowest BCUT2D eigenvalue weighted by Crippen LogP contribution is -2.52. The third-order valence-electron chi connectivity index (χ3n) is 0.662. The summed E-state index contributed by atoms with van der Waals surface area (Å²) >= 11 is 0. The van der Waals surface area contributed by atoms with E-state index in [4.69, 9.17) is 0 Å². The number of hydrogen-bond acceptors (Lipinski definition) is 3. The van der Waals surface area contributed by atoms with Crippen LogP contribution in [0, 0.1) is 0 Å². The van der Waals surface area contributed by atoms with E-state index in [-0.39, 0.29) is 14.8 Å². The fraction of sp³-hybridized carbons (Fsp3) is 0. The lowest BCUT2D eigenvalue weighted by molar-refractivity contribution is 0.119. The van der Waals surface area contributed by atoms with Crippen molar-refractivity contribution in [2.45, 2.75) is 0 Å². The predicted octanol–water partition coefficient (Wildman–Crippen LogP) is -0.838. The van der Waals surface area contributed by atoms with Crippen molar-refractivity contribution in [3.05, 3.63) is 0 Å². The minimum atomic E-state index is -0.250. The second-order valence-electron chi connectivity index (χ2n) is 1.38. The molecule has 0 bridgehead atoms. The summed E-state index contributed by atoms with van der Waals surface area (Å²) in [7, 11) is 1.28. The number of halogens is 3. The first-order valence-corrected chi connectivity index (χ1v) is 2.06. The fourth-order valence-corrected chi connectivity index (χ4v) is 0.406. The van der Waals surface area contributed by atoms with Crippen LogP contribution >= 0.6 is 0 Å². The van der Waals surface area contributed by atoms with Gasteiger partial charge in [0, 0.05) is 0 Å². The zero-order valence-electron chi connectivity index (χ0n) is 4.21. The van der Waals surface area contributed by atoms with Gasteiger partial charge in [-0.1, -0.05) is 0 Å². The van der Waals surface area contributed by atoms with E-state index in [1.54, 1.807) is 0 Å². The third-order valence-corrected chi connectivity index (χ3v) is 0.662. The summed E-state index contributed by atoms with van der Waals surface area (Å²) in [4.78, 5) is -0.750. The molecule has 1 heterocycles. The summed E-state index contributed by atoms with van der Waals surface area (Å²) in [5.41, 5.74) is 0. The van der Waals surface area contributed by atoms with E-state index in [9.17, 15) is 13.4 Å². The Hall–Kier alpha value is -0.135. The van der Waals surface area contributed by atoms with Gasteiger partial charge in [0.2, 0.25) is 0 Å². The topological polar surface area (TPSA) is 9.72 Å². The molecule has 45 valence electrons. The van der Waals surface area contributed by atoms with Crippen LogP contribution in [0.15, 0.2) is 0 Å². The van der Waals surface area contributed by atoms with Crippen LogP contribution in [-0.2, 0) is 0 Å². The fourth-order valence-electron chi connectivity index (χ4n) is 0.406. The van der Waals surface area contributed by atoms with Crippen LogP contribution in [0.4, 0.5) is 13.4 Å². The quantitative estimate of drug-likeness (QED) is 0.314. The maximum Gasteiger partial charge on any atom is 0.355 e. The molecule has 3 nitrogen and oxygen atoms in total. The van der Waals surface area contributed by atoms with Crippen molar-refractivity contribution >= 4 is 22.6 Å². The van der Waals surface area contributed by atoms with Crippen LogP contribution in [0.3, 0.4) is 0 Å². The Balaban J connectivity index is 2.34. The van der Waals surface area contributed by atoms with Crippen LogP contribution in [-0.4, -0.2) is 37.5 Å². The van der Waals surface area contributed by atoms with Gasteiger partial charge in [0.1, 0.15) is 0 Å². The van der Waals surface area contributed by atoms with E-state index < -0.39 is 0 Å². The van der Waals surface area contributed by atoms with E-state index in [1.807, 2.05) is 0 Å². The summed E-state index contributed by atoms with van der Waals surface area (Å²) in [6.07, 6.45) is 0. The van der Waals surface area contributed by atoms with E-state index >= 15 is 0 Å². The molecule has 1 aliphatic rings. The van der Waals surface area contributed by atoms with Crippen LogP contribution in [0.2, 0.25) is 0 Å². The molecule has 1 aliphatic heterocycles. The number of rotatable bonds is 0. The zero-order chi connectivity index (χ0) is 6.85. The zero-order valence-corrected chi connectivity index (χ0v) is 4.21. The summed E-state index contributed by atoms with van der Waals surface area (Å²) in [6, 6.07) is 0. The highest BCUT2D eigenvalue weighted by Gasteiger charge is 2.29. The number of hydrogen-bond donors (Lipinski definition) is 0. The largest absolute Gasteiger partial charge is 0.355 e. The van der Waals surface area contributed by atoms with Crippen molar-refractivity contribution in [1.29, 1.82) is 0 Å². The lowest BCUT2D eigenvalue weighted by atomic mass is 9.83. The van der Waals surface area contributed by atoms with Gasteiger partial charge < -0.3 is 0 Å². The lowest BCUT2D eigenvalue weighted by Gasteiger charge is -2.23. The van der Waals surface area contributed by atoms with Gasteiger partial charge in [-0.25, -0.2) is 0 Å². The van der Waals surface area contributed by atoms with E-state index in [0.29, 0.717) is 22.6 Å². The van der Waals surface area contributed by atoms with Gasteiger partial charge in [0.05, 0.1) is 0 Å². The first-order valence-electron chi connectivity index (χ1n) is 2.06. The first kappa shape index (κ1) is 6.98. The van der Waals surface area contributed by atoms with Gasteiger partial charge in [-0.15, -0.1) is 0 Å². The molecular formula is B3F3N3. The Labute approximate surface area is 52.0 Å². The van der Waals surface area contributed by atoms with Crippen molar-refractivity contribution in [3.63, 3.8) is 0 Å². The highest BCUT2D eigenvalue weighted by atomic mass is 19.2. The van der Waals surface area contributed by atoms with Gasteiger partial charge in [0.25, 0.3) is 0 Å². The van der Waals surface area contributed by atoms with Gasteiger partial charge in [-0.05, 0) is 0 Å². The van der Waals surface area contributed by atoms with Crippen molar-refractivity contribution in [2.24, 2.45) is 0 Å². The smallest absolute Gasteiger partial charge is 0.197 e. The highest BCUT2D eigenvalue weighted by Crippen LogP contribution is 2.00. The molecule has 0 N–H and O–H groups in total. The van der Waals surface area contributed by atoms with E-state index in [0.717, 1.165) is 0 Å². The molecule has 0 spiro atoms. The van der Waals surface area contributed by atoms with E-state index in [1.165, 1.54) is 0 Å². The van der Waals surface area contributed by atoms with Crippen molar-refractivity contribution < 1.29 is 13.4 Å². The van der Waals surface area contributed by atoms with E-state index in [2.05, 4.69) is 0 Å². The normalized spacial score (nSPS) is 24.3. The second kappa shape index (κ2) is 2.63. The Morgan fingerprint density at radius 1 is 0.667 bits per heavy atom. The molecule has 0 amide bonds. The van der Waals surface area contributed by atoms with Crippen molar-refractivity contribution in [1.82, 2.24) is 14.8 Å². The molecule has 0 aliphatic carbocycles. The Kier molecular flexibility index (Phi) is 2.04. The monoisotopic (exact) mass is 132 g/mol. The minimum Gasteiger partial charge on any atom is -0.197 e. The average Bonchev–Trinajstić information content (AvgIpc) is 1.59. The highest BCUT2D eigenvalue weighted by molar-refractivity contribution is 6.63. The SMILES string of the molecule is FN1[B]N(F)[B]N(F)[B]1. The maximum absolute atomic E-state index is 11.8. The molecule has 0 aromatic rings. The molecule has 0 aromatic carbocycles. The van der Waals surface area contributed by atoms with Crippen LogP contribution in [0.25, 0.3) is 0 Å². The Bertz CT molecular complexity index is 75.3. The summed E-state index contributed by atoms with van der Waals surface area (Å²) in [6.45, 7) is 0. The molecule has 0 unspecified atom stereocenters. The van der Waals surface area contributed by atoms with Gasteiger partial charge in [-0.3, -0.25) is 0 Å². The van der Waals surface area contributed by atoms with Gasteiger partial charge >= 0.3 is 22.6 Å². The molecule has 1 fully saturated rings. The molecule has 1 saturated heterocycles. The Morgan fingerprint density at radius 3 is 1.11 bits per heavy atom. The van der Waals surface area contributed by atoms with Gasteiger partial charge in [-0.2, -0.15) is 28.3 Å². The maximum atomic E-state index is 11.8. The summed E-state index contributed by atoms with van der Waals surface area (Å²) in [5, 5.41) is 0. The van der Waals surface area contributed by atoms with Crippen molar-refractivity contribution in [2.75, 3.05) is 0 Å². The minimum absolute atomic E-state index is 0.250. The van der Waals surface area contributed by atoms with Crippen LogP contribution < -0.4 is 0 Å². The predicted molar refractivity (Wildman–Crippen MR) is 26.1 cm³/mol. The summed E-state index contributed by atoms with van der Waals surface area (Å²) in [5.74, 6) is 0. The molecule has 9 heavy (non-hydrogen) atoms. The average molecular weight is 131 g/mol. The summed E-state index contributed by atoms with van der Waals surface area (Å²) < 4.78 is 35.5. The van der Waals surface area contributed by atoms with Crippen LogP contribution in [0.1, 0.15) is 0 Å². The van der Waals surface area contributed by atoms with Crippen LogP contribution in [0.5, 0.6) is 0 Å². The molecule has 0 atom stereocenters. The first-order chi connectivity index (χ1) is 4.18. The molecular weight excluding hydrogens is 131 g/mol. The molecule has 9 heteroatoms. The molecule has 1 rings (SSSR count). The molecule has 3 radical (unpaired) electrons. The van der Waals surface area contributed by atoms with Gasteiger partial charge in [0.15, 0.2) is 0 Å². The Morgan fingerprint density at radius 2 is 0.889 bits per heavy atom. The molecule has 0 saturated carbocycles. The second-order valence-corrected chi connectivity index (χ2v) is 1.38.